The standard InChI is InChI=1S/C10H9Cl2N3/c1-15-9(8(12)10(13)14-15)6-4-2-3-5-7(6)11/h2-5H,1H3,(H2,13,14). The van der Waals surface area contributed by atoms with E-state index in [2.05, 4.69) is 5.10 Å². The lowest BCUT2D eigenvalue weighted by Gasteiger charge is -2.04. The Kier molecular flexibility index (Phi) is 2.59. The van der Waals surface area contributed by atoms with Crippen molar-refractivity contribution >= 4 is 29.0 Å². The number of rotatable bonds is 1. The molecule has 0 fully saturated rings. The minimum absolute atomic E-state index is 0.314. The van der Waals surface area contributed by atoms with Crippen LogP contribution >= 0.6 is 23.2 Å². The number of aromatic nitrogens is 2. The maximum absolute atomic E-state index is 6.07. The van der Waals surface area contributed by atoms with Crippen molar-refractivity contribution in [1.82, 2.24) is 9.78 Å². The van der Waals surface area contributed by atoms with Crippen LogP contribution in [0.2, 0.25) is 10.0 Å². The van der Waals surface area contributed by atoms with Gasteiger partial charge in [0.15, 0.2) is 5.82 Å². The van der Waals surface area contributed by atoms with Crippen molar-refractivity contribution in [3.8, 4) is 11.3 Å². The molecule has 0 saturated heterocycles. The quantitative estimate of drug-likeness (QED) is 0.835. The Morgan fingerprint density at radius 3 is 2.47 bits per heavy atom. The molecule has 15 heavy (non-hydrogen) atoms. The first-order chi connectivity index (χ1) is 7.11. The van der Waals surface area contributed by atoms with Crippen LogP contribution in [0.4, 0.5) is 5.82 Å². The second kappa shape index (κ2) is 3.76. The van der Waals surface area contributed by atoms with Gasteiger partial charge in [0, 0.05) is 17.6 Å². The summed E-state index contributed by atoms with van der Waals surface area (Å²) in [6.45, 7) is 0. The molecule has 0 aliphatic heterocycles. The van der Waals surface area contributed by atoms with Crippen LogP contribution in [0, 0.1) is 0 Å². The molecule has 0 amide bonds. The third-order valence-electron chi connectivity index (χ3n) is 2.14. The van der Waals surface area contributed by atoms with E-state index in [1.807, 2.05) is 18.2 Å². The van der Waals surface area contributed by atoms with Crippen LogP contribution in [0.25, 0.3) is 11.3 Å². The summed E-state index contributed by atoms with van der Waals surface area (Å²) < 4.78 is 1.62. The van der Waals surface area contributed by atoms with E-state index in [0.717, 1.165) is 11.3 Å². The fourth-order valence-electron chi connectivity index (χ4n) is 1.46. The molecular weight excluding hydrogens is 233 g/mol. The Morgan fingerprint density at radius 2 is 1.93 bits per heavy atom. The second-order valence-electron chi connectivity index (χ2n) is 3.15. The molecule has 3 nitrogen and oxygen atoms in total. The SMILES string of the molecule is Cn1nc(N)c(Cl)c1-c1ccccc1Cl. The number of hydrogen-bond acceptors (Lipinski definition) is 2. The molecule has 2 rings (SSSR count). The lowest BCUT2D eigenvalue weighted by atomic mass is 10.1. The number of benzene rings is 1. The molecule has 0 bridgehead atoms. The molecule has 78 valence electrons. The summed E-state index contributed by atoms with van der Waals surface area (Å²) in [4.78, 5) is 0. The van der Waals surface area contributed by atoms with Gasteiger partial charge in [-0.25, -0.2) is 0 Å². The van der Waals surface area contributed by atoms with Crippen LogP contribution in [-0.4, -0.2) is 9.78 Å². The molecule has 1 heterocycles. The minimum atomic E-state index is 0.314. The van der Waals surface area contributed by atoms with Crippen LogP contribution in [0.1, 0.15) is 0 Å². The molecule has 0 aliphatic carbocycles. The first kappa shape index (κ1) is 10.3. The van der Waals surface area contributed by atoms with Crippen molar-refractivity contribution in [1.29, 1.82) is 0 Å². The van der Waals surface area contributed by atoms with E-state index in [9.17, 15) is 0 Å². The Labute approximate surface area is 97.4 Å². The van der Waals surface area contributed by atoms with Crippen LogP contribution in [0.5, 0.6) is 0 Å². The van der Waals surface area contributed by atoms with Gasteiger partial charge in [-0.2, -0.15) is 5.10 Å². The lowest BCUT2D eigenvalue weighted by molar-refractivity contribution is 0.780. The topological polar surface area (TPSA) is 43.8 Å². The highest BCUT2D eigenvalue weighted by molar-refractivity contribution is 6.37. The van der Waals surface area contributed by atoms with Crippen molar-refractivity contribution in [3.05, 3.63) is 34.3 Å². The van der Waals surface area contributed by atoms with E-state index >= 15 is 0 Å². The summed E-state index contributed by atoms with van der Waals surface area (Å²) in [5, 5.41) is 5.09. The molecule has 1 aromatic carbocycles. The normalized spacial score (nSPS) is 10.6. The molecule has 1 aromatic heterocycles. The molecule has 0 radical (unpaired) electrons. The second-order valence-corrected chi connectivity index (χ2v) is 3.94. The van der Waals surface area contributed by atoms with Gasteiger partial charge in [-0.15, -0.1) is 0 Å². The van der Waals surface area contributed by atoms with E-state index in [1.165, 1.54) is 0 Å². The summed E-state index contributed by atoms with van der Waals surface area (Å²) in [5.74, 6) is 0.314. The maximum Gasteiger partial charge on any atom is 0.164 e. The van der Waals surface area contributed by atoms with Gasteiger partial charge >= 0.3 is 0 Å². The zero-order valence-electron chi connectivity index (χ0n) is 8.04. The molecule has 0 spiro atoms. The smallest absolute Gasteiger partial charge is 0.164 e. The summed E-state index contributed by atoms with van der Waals surface area (Å²) >= 11 is 12.1. The molecule has 0 unspecified atom stereocenters. The molecular formula is C10H9Cl2N3. The third-order valence-corrected chi connectivity index (χ3v) is 2.85. The predicted octanol–water partition coefficient (Wildman–Crippen LogP) is 2.98. The Balaban J connectivity index is 2.69. The van der Waals surface area contributed by atoms with Crippen LogP contribution in [0.3, 0.4) is 0 Å². The molecule has 0 aliphatic rings. The summed E-state index contributed by atoms with van der Waals surface area (Å²) in [7, 11) is 1.78. The largest absolute Gasteiger partial charge is 0.381 e. The van der Waals surface area contributed by atoms with Gasteiger partial charge in [0.25, 0.3) is 0 Å². The number of nitrogen functional groups attached to an aromatic ring is 1. The van der Waals surface area contributed by atoms with Gasteiger partial charge < -0.3 is 5.73 Å². The first-order valence-corrected chi connectivity index (χ1v) is 5.09. The van der Waals surface area contributed by atoms with E-state index in [4.69, 9.17) is 28.9 Å². The average Bonchev–Trinajstić information content (AvgIpc) is 2.43. The summed E-state index contributed by atoms with van der Waals surface area (Å²) in [6.07, 6.45) is 0. The zero-order chi connectivity index (χ0) is 11.0. The number of halogens is 2. The number of aryl methyl sites for hydroxylation is 1. The first-order valence-electron chi connectivity index (χ1n) is 4.34. The molecule has 0 atom stereocenters. The van der Waals surface area contributed by atoms with Crippen molar-refractivity contribution in [2.24, 2.45) is 7.05 Å². The van der Waals surface area contributed by atoms with E-state index in [0.29, 0.717) is 15.9 Å². The van der Waals surface area contributed by atoms with Crippen molar-refractivity contribution in [3.63, 3.8) is 0 Å². The van der Waals surface area contributed by atoms with Gasteiger partial charge in [-0.1, -0.05) is 41.4 Å². The lowest BCUT2D eigenvalue weighted by Crippen LogP contribution is -1.94. The average molecular weight is 242 g/mol. The van der Waals surface area contributed by atoms with Gasteiger partial charge in [-0.3, -0.25) is 4.68 Å². The summed E-state index contributed by atoms with van der Waals surface area (Å²) in [5.41, 5.74) is 7.19. The highest BCUT2D eigenvalue weighted by Gasteiger charge is 2.15. The van der Waals surface area contributed by atoms with E-state index in [-0.39, 0.29) is 0 Å². The van der Waals surface area contributed by atoms with Crippen molar-refractivity contribution < 1.29 is 0 Å². The van der Waals surface area contributed by atoms with Crippen molar-refractivity contribution in [2.75, 3.05) is 5.73 Å². The van der Waals surface area contributed by atoms with Crippen molar-refractivity contribution in [2.45, 2.75) is 0 Å². The molecule has 5 heteroatoms. The maximum atomic E-state index is 6.07. The minimum Gasteiger partial charge on any atom is -0.381 e. The van der Waals surface area contributed by atoms with Crippen LogP contribution in [-0.2, 0) is 7.05 Å². The van der Waals surface area contributed by atoms with Crippen LogP contribution < -0.4 is 5.73 Å². The molecule has 2 N–H and O–H groups in total. The number of anilines is 1. The third kappa shape index (κ3) is 1.68. The highest BCUT2D eigenvalue weighted by Crippen LogP contribution is 2.35. The highest BCUT2D eigenvalue weighted by atomic mass is 35.5. The molecule has 0 saturated carbocycles. The zero-order valence-corrected chi connectivity index (χ0v) is 9.55. The monoisotopic (exact) mass is 241 g/mol. The Bertz CT molecular complexity index is 505. The van der Waals surface area contributed by atoms with E-state index < -0.39 is 0 Å². The Morgan fingerprint density at radius 1 is 1.27 bits per heavy atom. The van der Waals surface area contributed by atoms with Gasteiger partial charge in [-0.05, 0) is 6.07 Å². The number of hydrogen-bond donors (Lipinski definition) is 1. The van der Waals surface area contributed by atoms with Crippen LogP contribution in [0.15, 0.2) is 24.3 Å². The fraction of sp³-hybridized carbons (Fsp3) is 0.100. The predicted molar refractivity (Wildman–Crippen MR) is 63.1 cm³/mol. The fourth-order valence-corrected chi connectivity index (χ4v) is 1.95. The number of nitrogens with two attached hydrogens (primary N) is 1. The Hall–Kier alpha value is -1.19. The molecule has 2 aromatic rings. The van der Waals surface area contributed by atoms with Gasteiger partial charge in [0.2, 0.25) is 0 Å². The van der Waals surface area contributed by atoms with Gasteiger partial charge in [0.05, 0.1) is 5.69 Å². The van der Waals surface area contributed by atoms with E-state index in [1.54, 1.807) is 17.8 Å². The summed E-state index contributed by atoms with van der Waals surface area (Å²) in [6, 6.07) is 7.43. The number of nitrogens with zero attached hydrogens (tertiary/aromatic N) is 2. The van der Waals surface area contributed by atoms with Gasteiger partial charge in [0.1, 0.15) is 5.02 Å².